The smallest absolute Gasteiger partial charge is 0.137 e. The van der Waals surface area contributed by atoms with E-state index >= 15 is 0 Å². The van der Waals surface area contributed by atoms with Crippen molar-refractivity contribution < 1.29 is 4.39 Å². The van der Waals surface area contributed by atoms with Crippen molar-refractivity contribution in [2.45, 2.75) is 19.4 Å². The molecule has 1 aliphatic rings. The van der Waals surface area contributed by atoms with Gasteiger partial charge in [0.1, 0.15) is 5.82 Å². The van der Waals surface area contributed by atoms with E-state index in [1.54, 1.807) is 6.07 Å². The average Bonchev–Trinajstić information content (AvgIpc) is 2.36. The van der Waals surface area contributed by atoms with Gasteiger partial charge in [0.2, 0.25) is 0 Å². The first-order valence-electron chi connectivity index (χ1n) is 6.12. The summed E-state index contributed by atoms with van der Waals surface area (Å²) in [5.41, 5.74) is 1.20. The molecule has 1 saturated heterocycles. The first-order valence-corrected chi connectivity index (χ1v) is 6.91. The highest BCUT2D eigenvalue weighted by Gasteiger charge is 2.20. The molecule has 0 bridgehead atoms. The maximum absolute atomic E-state index is 13.2. The first kappa shape index (κ1) is 13.0. The van der Waals surface area contributed by atoms with Crippen molar-refractivity contribution in [2.75, 3.05) is 26.2 Å². The Labute approximate surface area is 110 Å². The van der Waals surface area contributed by atoms with Crippen LogP contribution < -0.4 is 5.32 Å². The summed E-state index contributed by atoms with van der Waals surface area (Å²) in [6.45, 7) is 6.39. The second-order valence-corrected chi connectivity index (χ2v) is 5.24. The fourth-order valence-corrected chi connectivity index (χ4v) is 2.81. The monoisotopic (exact) mass is 300 g/mol. The Kier molecular flexibility index (Phi) is 4.54. The van der Waals surface area contributed by atoms with Crippen LogP contribution in [0.1, 0.15) is 24.9 Å². The fraction of sp³-hybridized carbons (Fsp3) is 0.538. The highest BCUT2D eigenvalue weighted by Crippen LogP contribution is 2.27. The third-order valence-electron chi connectivity index (χ3n) is 3.31. The number of hydrogen-bond acceptors (Lipinski definition) is 2. The van der Waals surface area contributed by atoms with E-state index in [0.717, 1.165) is 32.6 Å². The Bertz CT molecular complexity index is 378. The predicted molar refractivity (Wildman–Crippen MR) is 71.6 cm³/mol. The van der Waals surface area contributed by atoms with E-state index in [1.807, 2.05) is 12.1 Å². The summed E-state index contributed by atoms with van der Waals surface area (Å²) in [5.74, 6) is -0.191. The molecule has 1 atom stereocenters. The van der Waals surface area contributed by atoms with Gasteiger partial charge in [-0.05, 0) is 40.0 Å². The van der Waals surface area contributed by atoms with Gasteiger partial charge in [-0.15, -0.1) is 0 Å². The second-order valence-electron chi connectivity index (χ2n) is 4.38. The predicted octanol–water partition coefficient (Wildman–Crippen LogP) is 2.94. The average molecular weight is 301 g/mol. The van der Waals surface area contributed by atoms with Crippen molar-refractivity contribution in [1.29, 1.82) is 0 Å². The quantitative estimate of drug-likeness (QED) is 0.923. The number of hydrogen-bond donors (Lipinski definition) is 1. The van der Waals surface area contributed by atoms with E-state index in [9.17, 15) is 4.39 Å². The lowest BCUT2D eigenvalue weighted by molar-refractivity contribution is 0.169. The number of benzene rings is 1. The molecule has 0 unspecified atom stereocenters. The van der Waals surface area contributed by atoms with Crippen LogP contribution in [-0.2, 0) is 0 Å². The van der Waals surface area contributed by atoms with Crippen LogP contribution >= 0.6 is 15.9 Å². The van der Waals surface area contributed by atoms with Crippen LogP contribution in [0.3, 0.4) is 0 Å². The third kappa shape index (κ3) is 3.06. The largest absolute Gasteiger partial charge is 0.314 e. The van der Waals surface area contributed by atoms with Crippen molar-refractivity contribution in [3.8, 4) is 0 Å². The van der Waals surface area contributed by atoms with Gasteiger partial charge in [0.25, 0.3) is 0 Å². The molecule has 0 spiro atoms. The van der Waals surface area contributed by atoms with Crippen LogP contribution in [0.2, 0.25) is 0 Å². The van der Waals surface area contributed by atoms with Gasteiger partial charge in [0.15, 0.2) is 0 Å². The molecule has 1 heterocycles. The van der Waals surface area contributed by atoms with Gasteiger partial charge < -0.3 is 5.32 Å². The fourth-order valence-electron chi connectivity index (χ4n) is 2.42. The zero-order valence-electron chi connectivity index (χ0n) is 10.0. The standard InChI is InChI=1S/C13H18BrFN2/c1-2-13(17-7-5-16-6-8-17)10-3-4-12(15)11(14)9-10/h3-4,9,13,16H,2,5-8H2,1H3/t13-/m0/s1. The minimum atomic E-state index is -0.191. The molecule has 1 aromatic carbocycles. The summed E-state index contributed by atoms with van der Waals surface area (Å²) in [4.78, 5) is 2.47. The number of nitrogens with one attached hydrogen (secondary N) is 1. The van der Waals surface area contributed by atoms with E-state index < -0.39 is 0 Å². The molecule has 0 saturated carbocycles. The van der Waals surface area contributed by atoms with Crippen LogP contribution in [0, 0.1) is 5.82 Å². The molecule has 1 aliphatic heterocycles. The molecule has 1 N–H and O–H groups in total. The van der Waals surface area contributed by atoms with E-state index in [0.29, 0.717) is 10.5 Å². The molecule has 2 nitrogen and oxygen atoms in total. The summed E-state index contributed by atoms with van der Waals surface area (Å²) >= 11 is 3.26. The SMILES string of the molecule is CC[C@@H](c1ccc(F)c(Br)c1)N1CCNCC1. The van der Waals surface area contributed by atoms with Crippen molar-refractivity contribution in [3.05, 3.63) is 34.1 Å². The van der Waals surface area contributed by atoms with Crippen LogP contribution in [0.25, 0.3) is 0 Å². The number of halogens is 2. The maximum Gasteiger partial charge on any atom is 0.137 e. The lowest BCUT2D eigenvalue weighted by Crippen LogP contribution is -2.45. The molecule has 17 heavy (non-hydrogen) atoms. The van der Waals surface area contributed by atoms with E-state index in [2.05, 4.69) is 33.1 Å². The zero-order valence-corrected chi connectivity index (χ0v) is 11.6. The van der Waals surface area contributed by atoms with Gasteiger partial charge >= 0.3 is 0 Å². The molecule has 0 aromatic heterocycles. The van der Waals surface area contributed by atoms with Crippen LogP contribution in [0.15, 0.2) is 22.7 Å². The molecular weight excluding hydrogens is 283 g/mol. The van der Waals surface area contributed by atoms with E-state index in [4.69, 9.17) is 0 Å². The lowest BCUT2D eigenvalue weighted by Gasteiger charge is -2.34. The molecule has 4 heteroatoms. The third-order valence-corrected chi connectivity index (χ3v) is 3.92. The Morgan fingerprint density at radius 3 is 2.71 bits per heavy atom. The first-order chi connectivity index (χ1) is 8.22. The van der Waals surface area contributed by atoms with E-state index in [1.165, 1.54) is 5.56 Å². The van der Waals surface area contributed by atoms with Gasteiger partial charge in [0, 0.05) is 32.2 Å². The highest BCUT2D eigenvalue weighted by atomic mass is 79.9. The zero-order chi connectivity index (χ0) is 12.3. The molecule has 2 rings (SSSR count). The molecular formula is C13H18BrFN2. The topological polar surface area (TPSA) is 15.3 Å². The lowest BCUT2D eigenvalue weighted by atomic mass is 10.0. The van der Waals surface area contributed by atoms with Crippen LogP contribution in [0.5, 0.6) is 0 Å². The molecule has 0 aliphatic carbocycles. The summed E-state index contributed by atoms with van der Waals surface area (Å²) in [6.07, 6.45) is 1.05. The number of rotatable bonds is 3. The van der Waals surface area contributed by atoms with Crippen LogP contribution in [0.4, 0.5) is 4.39 Å². The number of nitrogens with zero attached hydrogens (tertiary/aromatic N) is 1. The van der Waals surface area contributed by atoms with E-state index in [-0.39, 0.29) is 5.82 Å². The normalized spacial score (nSPS) is 19.2. The van der Waals surface area contributed by atoms with Crippen molar-refractivity contribution >= 4 is 15.9 Å². The Morgan fingerprint density at radius 1 is 1.41 bits per heavy atom. The Hall–Kier alpha value is -0.450. The summed E-state index contributed by atoms with van der Waals surface area (Å²) in [5, 5.41) is 3.35. The van der Waals surface area contributed by atoms with Gasteiger partial charge in [-0.25, -0.2) is 4.39 Å². The minimum Gasteiger partial charge on any atom is -0.314 e. The number of piperazine rings is 1. The van der Waals surface area contributed by atoms with Gasteiger partial charge in [-0.1, -0.05) is 13.0 Å². The Balaban J connectivity index is 2.18. The van der Waals surface area contributed by atoms with Gasteiger partial charge in [-0.2, -0.15) is 0 Å². The van der Waals surface area contributed by atoms with Gasteiger partial charge in [0.05, 0.1) is 4.47 Å². The maximum atomic E-state index is 13.2. The van der Waals surface area contributed by atoms with Gasteiger partial charge in [-0.3, -0.25) is 4.90 Å². The minimum absolute atomic E-state index is 0.191. The van der Waals surface area contributed by atoms with Crippen LogP contribution in [-0.4, -0.2) is 31.1 Å². The van der Waals surface area contributed by atoms with Crippen molar-refractivity contribution in [3.63, 3.8) is 0 Å². The molecule has 1 fully saturated rings. The molecule has 94 valence electrons. The molecule has 0 radical (unpaired) electrons. The Morgan fingerprint density at radius 2 is 2.12 bits per heavy atom. The summed E-state index contributed by atoms with van der Waals surface area (Å²) in [6, 6.07) is 5.75. The van der Waals surface area contributed by atoms with Crippen molar-refractivity contribution in [1.82, 2.24) is 10.2 Å². The highest BCUT2D eigenvalue weighted by molar-refractivity contribution is 9.10. The molecule has 0 amide bonds. The second kappa shape index (κ2) is 5.94. The summed E-state index contributed by atoms with van der Waals surface area (Å²) in [7, 11) is 0. The van der Waals surface area contributed by atoms with Crippen molar-refractivity contribution in [2.24, 2.45) is 0 Å². The summed E-state index contributed by atoms with van der Waals surface area (Å²) < 4.78 is 13.8. The molecule has 1 aromatic rings.